The maximum absolute atomic E-state index is 12.6. The fourth-order valence-corrected chi connectivity index (χ4v) is 4.69. The van der Waals surface area contributed by atoms with E-state index in [1.807, 2.05) is 97.9 Å². The topological polar surface area (TPSA) is 99.9 Å². The van der Waals surface area contributed by atoms with Crippen LogP contribution in [0.2, 0.25) is 0 Å². The third-order valence-electron chi connectivity index (χ3n) is 7.20. The van der Waals surface area contributed by atoms with Gasteiger partial charge in [-0.3, -0.25) is 9.59 Å². The van der Waals surface area contributed by atoms with Gasteiger partial charge < -0.3 is 25.3 Å². The summed E-state index contributed by atoms with van der Waals surface area (Å²) in [6, 6.07) is 30.2. The third kappa shape index (κ3) is 8.28. The number of aryl methyl sites for hydroxylation is 1. The summed E-state index contributed by atoms with van der Waals surface area (Å²) in [5.74, 6) is -0.0864. The van der Waals surface area contributed by atoms with Gasteiger partial charge in [-0.1, -0.05) is 84.9 Å². The number of likely N-dealkylation sites (N-methyl/N-ethyl adjacent to an activating group) is 1. The van der Waals surface area contributed by atoms with Gasteiger partial charge in [0.2, 0.25) is 0 Å². The lowest BCUT2D eigenvalue weighted by Crippen LogP contribution is -2.37. The standard InChI is InChI=1S/C35H38N2O5/c1-24-14-15-27(18-29(24)20-31(36)34(38)42-23-26-12-8-5-9-13-26)28-16-17-33(41-22-25-10-6-4-7-11-25)30(19-28)21-32(37-2)35(39)40-3/h4-19,31-32,37H,20-23,36H2,1-3H3/t31-,32-/m0/s1. The molecule has 0 unspecified atom stereocenters. The molecule has 7 heteroatoms. The van der Waals surface area contributed by atoms with Crippen molar-refractivity contribution >= 4 is 11.9 Å². The van der Waals surface area contributed by atoms with Crippen molar-refractivity contribution in [3.8, 4) is 16.9 Å². The van der Waals surface area contributed by atoms with E-state index in [9.17, 15) is 9.59 Å². The first-order valence-corrected chi connectivity index (χ1v) is 14.0. The normalized spacial score (nSPS) is 12.3. The molecule has 0 spiro atoms. The molecule has 4 aromatic rings. The van der Waals surface area contributed by atoms with Gasteiger partial charge in [0.15, 0.2) is 0 Å². The van der Waals surface area contributed by atoms with Gasteiger partial charge >= 0.3 is 11.9 Å². The molecule has 3 N–H and O–H groups in total. The number of benzene rings is 4. The number of hydrogen-bond acceptors (Lipinski definition) is 7. The van der Waals surface area contributed by atoms with Crippen molar-refractivity contribution in [3.63, 3.8) is 0 Å². The SMILES string of the molecule is CN[C@@H](Cc1cc(-c2ccc(C)c(C[C@H](N)C(=O)OCc3ccccc3)c2)ccc1OCc1ccccc1)C(=O)OC. The molecule has 4 rings (SSSR count). The molecule has 0 fully saturated rings. The minimum Gasteiger partial charge on any atom is -0.489 e. The highest BCUT2D eigenvalue weighted by Gasteiger charge is 2.21. The molecule has 0 aromatic heterocycles. The number of esters is 2. The second-order valence-corrected chi connectivity index (χ2v) is 10.2. The quantitative estimate of drug-likeness (QED) is 0.216. The van der Waals surface area contributed by atoms with Crippen molar-refractivity contribution in [3.05, 3.63) is 125 Å². The first kappa shape index (κ1) is 30.5. The van der Waals surface area contributed by atoms with Gasteiger partial charge in [-0.25, -0.2) is 0 Å². The van der Waals surface area contributed by atoms with E-state index in [-0.39, 0.29) is 12.6 Å². The van der Waals surface area contributed by atoms with E-state index >= 15 is 0 Å². The molecular weight excluding hydrogens is 528 g/mol. The van der Waals surface area contributed by atoms with Crippen molar-refractivity contribution in [1.29, 1.82) is 0 Å². The Kier molecular flexibility index (Phi) is 10.9. The number of nitrogens with two attached hydrogens (primary N) is 1. The molecule has 0 saturated carbocycles. The fraction of sp³-hybridized carbons (Fsp3) is 0.257. The summed E-state index contributed by atoms with van der Waals surface area (Å²) in [6.45, 7) is 2.59. The average molecular weight is 567 g/mol. The second-order valence-electron chi connectivity index (χ2n) is 10.2. The third-order valence-corrected chi connectivity index (χ3v) is 7.20. The number of carbonyl (C=O) groups is 2. The summed E-state index contributed by atoms with van der Waals surface area (Å²) >= 11 is 0. The van der Waals surface area contributed by atoms with Gasteiger partial charge in [-0.15, -0.1) is 0 Å². The molecule has 218 valence electrons. The Labute approximate surface area is 247 Å². The molecule has 0 aliphatic rings. The smallest absolute Gasteiger partial charge is 0.323 e. The lowest BCUT2D eigenvalue weighted by atomic mass is 9.94. The molecule has 0 aliphatic heterocycles. The van der Waals surface area contributed by atoms with E-state index < -0.39 is 18.1 Å². The largest absolute Gasteiger partial charge is 0.489 e. The average Bonchev–Trinajstić information content (AvgIpc) is 3.03. The molecule has 0 saturated heterocycles. The van der Waals surface area contributed by atoms with Crippen molar-refractivity contribution in [2.24, 2.45) is 5.73 Å². The summed E-state index contributed by atoms with van der Waals surface area (Å²) in [5.41, 5.74) is 13.0. The van der Waals surface area contributed by atoms with Gasteiger partial charge in [0.1, 0.15) is 31.0 Å². The van der Waals surface area contributed by atoms with Crippen molar-refractivity contribution in [2.75, 3.05) is 14.2 Å². The number of ether oxygens (including phenoxy) is 3. The van der Waals surface area contributed by atoms with Crippen molar-refractivity contribution in [1.82, 2.24) is 5.32 Å². The van der Waals surface area contributed by atoms with Gasteiger partial charge in [0, 0.05) is 6.42 Å². The monoisotopic (exact) mass is 566 g/mol. The van der Waals surface area contributed by atoms with Crippen LogP contribution in [-0.4, -0.2) is 38.2 Å². The fourth-order valence-electron chi connectivity index (χ4n) is 4.69. The first-order chi connectivity index (χ1) is 20.4. The van der Waals surface area contributed by atoms with Gasteiger partial charge in [0.05, 0.1) is 7.11 Å². The molecule has 0 bridgehead atoms. The minimum absolute atomic E-state index is 0.188. The maximum Gasteiger partial charge on any atom is 0.323 e. The van der Waals surface area contributed by atoms with Gasteiger partial charge in [-0.05, 0) is 71.5 Å². The van der Waals surface area contributed by atoms with Crippen LogP contribution in [-0.2, 0) is 45.1 Å². The Balaban J connectivity index is 1.54. The lowest BCUT2D eigenvalue weighted by molar-refractivity contribution is -0.146. The van der Waals surface area contributed by atoms with Gasteiger partial charge in [-0.2, -0.15) is 0 Å². The van der Waals surface area contributed by atoms with E-state index in [4.69, 9.17) is 19.9 Å². The Hall–Kier alpha value is -4.46. The van der Waals surface area contributed by atoms with Crippen molar-refractivity contribution in [2.45, 2.75) is 45.1 Å². The predicted octanol–water partition coefficient (Wildman–Crippen LogP) is 5.16. The zero-order chi connectivity index (χ0) is 29.9. The number of hydrogen-bond donors (Lipinski definition) is 2. The lowest BCUT2D eigenvalue weighted by Gasteiger charge is -2.19. The molecule has 0 heterocycles. The molecule has 0 aliphatic carbocycles. The van der Waals surface area contributed by atoms with E-state index in [0.717, 1.165) is 38.9 Å². The Morgan fingerprint density at radius 1 is 0.762 bits per heavy atom. The van der Waals surface area contributed by atoms with Crippen LogP contribution in [0, 0.1) is 6.92 Å². The molecule has 7 nitrogen and oxygen atoms in total. The van der Waals surface area contributed by atoms with Crippen LogP contribution in [0.25, 0.3) is 11.1 Å². The number of rotatable bonds is 13. The highest BCUT2D eigenvalue weighted by Crippen LogP contribution is 2.30. The molecule has 0 radical (unpaired) electrons. The molecule has 0 amide bonds. The first-order valence-electron chi connectivity index (χ1n) is 14.0. The molecular formula is C35H38N2O5. The van der Waals surface area contributed by atoms with E-state index in [1.54, 1.807) is 7.05 Å². The second kappa shape index (κ2) is 15.0. The Morgan fingerprint density at radius 2 is 1.36 bits per heavy atom. The highest BCUT2D eigenvalue weighted by molar-refractivity contribution is 5.77. The van der Waals surface area contributed by atoms with E-state index in [2.05, 4.69) is 11.4 Å². The number of carbonyl (C=O) groups excluding carboxylic acids is 2. The van der Waals surface area contributed by atoms with E-state index in [1.165, 1.54) is 7.11 Å². The zero-order valence-corrected chi connectivity index (χ0v) is 24.3. The van der Waals surface area contributed by atoms with Crippen LogP contribution in [0.15, 0.2) is 97.1 Å². The minimum atomic E-state index is -0.788. The van der Waals surface area contributed by atoms with Gasteiger partial charge in [0.25, 0.3) is 0 Å². The zero-order valence-electron chi connectivity index (χ0n) is 24.3. The summed E-state index contributed by atoms with van der Waals surface area (Å²) in [4.78, 5) is 25.0. The summed E-state index contributed by atoms with van der Waals surface area (Å²) in [7, 11) is 3.11. The summed E-state index contributed by atoms with van der Waals surface area (Å²) in [6.07, 6.45) is 0.737. The Bertz CT molecular complexity index is 1470. The van der Waals surface area contributed by atoms with Crippen LogP contribution in [0.4, 0.5) is 0 Å². The molecule has 42 heavy (non-hydrogen) atoms. The number of methoxy groups -OCH3 is 1. The van der Waals surface area contributed by atoms with Crippen LogP contribution < -0.4 is 15.8 Å². The highest BCUT2D eigenvalue weighted by atomic mass is 16.5. The van der Waals surface area contributed by atoms with Crippen LogP contribution in [0.3, 0.4) is 0 Å². The van der Waals surface area contributed by atoms with Crippen LogP contribution >= 0.6 is 0 Å². The molecule has 2 atom stereocenters. The van der Waals surface area contributed by atoms with Crippen molar-refractivity contribution < 1.29 is 23.8 Å². The van der Waals surface area contributed by atoms with Crippen LogP contribution in [0.5, 0.6) is 5.75 Å². The maximum atomic E-state index is 12.6. The van der Waals surface area contributed by atoms with Crippen LogP contribution in [0.1, 0.15) is 27.8 Å². The van der Waals surface area contributed by atoms with E-state index in [0.29, 0.717) is 25.2 Å². The Morgan fingerprint density at radius 3 is 1.98 bits per heavy atom. The molecule has 4 aromatic carbocycles. The number of nitrogens with one attached hydrogen (secondary N) is 1. The predicted molar refractivity (Wildman–Crippen MR) is 164 cm³/mol. The summed E-state index contributed by atoms with van der Waals surface area (Å²) in [5, 5.41) is 3.04. The summed E-state index contributed by atoms with van der Waals surface area (Å²) < 4.78 is 16.7.